The maximum Gasteiger partial charge on any atom is 0.243 e. The summed E-state index contributed by atoms with van der Waals surface area (Å²) in [6.07, 6.45) is 8.08. The van der Waals surface area contributed by atoms with Crippen molar-refractivity contribution in [3.05, 3.63) is 100 Å². The molecule has 9 heteroatoms. The fraction of sp³-hybridized carbons (Fsp3) is 0.333. The lowest BCUT2D eigenvalue weighted by Gasteiger charge is -2.45. The number of anilines is 1. The summed E-state index contributed by atoms with van der Waals surface area (Å²) >= 11 is 0. The molecule has 7 nitrogen and oxygen atoms in total. The number of aromatic nitrogens is 2. The molecule has 8 rings (SSSR count). The lowest BCUT2D eigenvalue weighted by molar-refractivity contribution is -0.145. The number of nitrogens with zero attached hydrogens (tertiary/aromatic N) is 3. The average Bonchev–Trinajstić information content (AvgIpc) is 3.66. The molecule has 2 aliphatic heterocycles. The lowest BCUT2D eigenvalue weighted by atomic mass is 9.79. The summed E-state index contributed by atoms with van der Waals surface area (Å²) < 4.78 is 28.5. The molecular weight excluding hydrogens is 536 g/mol. The number of carbonyl (C=O) groups excluding carboxylic acids is 2. The van der Waals surface area contributed by atoms with Crippen molar-refractivity contribution < 1.29 is 18.4 Å². The summed E-state index contributed by atoms with van der Waals surface area (Å²) in [5.41, 5.74) is 3.94. The van der Waals surface area contributed by atoms with Crippen LogP contribution in [0, 0.1) is 11.6 Å². The van der Waals surface area contributed by atoms with E-state index in [1.807, 2.05) is 18.2 Å². The first-order valence-electron chi connectivity index (χ1n) is 14.5. The highest BCUT2D eigenvalue weighted by molar-refractivity contribution is 6.06. The van der Waals surface area contributed by atoms with Crippen LogP contribution in [0.25, 0.3) is 10.9 Å². The summed E-state index contributed by atoms with van der Waals surface area (Å²) in [5.74, 6) is -0.744. The largest absolute Gasteiger partial charge is 0.328 e. The molecular formula is C33H29F2N5O2. The van der Waals surface area contributed by atoms with Crippen LogP contribution in [0.3, 0.4) is 0 Å². The number of hydrogen-bond acceptors (Lipinski definition) is 5. The molecule has 2 aliphatic carbocycles. The number of carbonyl (C=O) groups is 2. The molecule has 2 spiro atoms. The van der Waals surface area contributed by atoms with Crippen LogP contribution < -0.4 is 10.6 Å². The van der Waals surface area contributed by atoms with E-state index >= 15 is 0 Å². The predicted molar refractivity (Wildman–Crippen MR) is 153 cm³/mol. The van der Waals surface area contributed by atoms with Crippen molar-refractivity contribution >= 4 is 28.5 Å². The second-order valence-corrected chi connectivity index (χ2v) is 12.3. The third-order valence-corrected chi connectivity index (χ3v) is 9.79. The Hall–Kier alpha value is -4.24. The number of nitrogens with one attached hydrogen (secondary N) is 2. The quantitative estimate of drug-likeness (QED) is 0.370. The van der Waals surface area contributed by atoms with Crippen LogP contribution in [-0.4, -0.2) is 38.8 Å². The summed E-state index contributed by atoms with van der Waals surface area (Å²) in [6, 6.07) is 13.0. The first-order valence-corrected chi connectivity index (χ1v) is 14.5. The molecule has 2 fully saturated rings. The monoisotopic (exact) mass is 565 g/mol. The smallest absolute Gasteiger partial charge is 0.243 e. The fourth-order valence-electron chi connectivity index (χ4n) is 7.74. The first kappa shape index (κ1) is 25.5. The van der Waals surface area contributed by atoms with E-state index in [9.17, 15) is 18.4 Å². The molecule has 1 saturated carbocycles. The predicted octanol–water partition coefficient (Wildman–Crippen LogP) is 4.88. The number of pyridine rings is 2. The van der Waals surface area contributed by atoms with Crippen molar-refractivity contribution in [2.24, 2.45) is 0 Å². The normalized spacial score (nSPS) is 24.0. The van der Waals surface area contributed by atoms with Gasteiger partial charge in [0.25, 0.3) is 0 Å². The zero-order chi connectivity index (χ0) is 28.6. The fourth-order valence-corrected chi connectivity index (χ4v) is 7.74. The molecule has 4 heterocycles. The molecule has 0 unspecified atom stereocenters. The van der Waals surface area contributed by atoms with Gasteiger partial charge in [-0.1, -0.05) is 18.9 Å². The maximum atomic E-state index is 14.2. The summed E-state index contributed by atoms with van der Waals surface area (Å²) in [4.78, 5) is 38.1. The van der Waals surface area contributed by atoms with Crippen LogP contribution in [-0.2, 0) is 34.4 Å². The molecule has 2 aromatic heterocycles. The number of fused-ring (bicyclic) bond motifs is 4. The van der Waals surface area contributed by atoms with Crippen LogP contribution in [0.2, 0.25) is 0 Å². The molecule has 212 valence electrons. The second-order valence-electron chi connectivity index (χ2n) is 12.3. The number of hydrogen-bond donors (Lipinski definition) is 2. The maximum absolute atomic E-state index is 14.2. The molecule has 1 saturated heterocycles. The van der Waals surface area contributed by atoms with E-state index in [-0.39, 0.29) is 18.4 Å². The zero-order valence-corrected chi connectivity index (χ0v) is 22.9. The molecule has 0 radical (unpaired) electrons. The highest BCUT2D eigenvalue weighted by atomic mass is 19.1. The summed E-state index contributed by atoms with van der Waals surface area (Å²) in [5, 5.41) is 7.34. The highest BCUT2D eigenvalue weighted by Gasteiger charge is 2.51. The SMILES string of the molecule is O=C1N(Cc2cnc3cc4c(cc3c2)C[C@@]2(C4)C(=O)Nc3ncccc32)[C@H](c2cc(F)cc(F)c2)CNC12CCCC2. The Morgan fingerprint density at radius 2 is 1.71 bits per heavy atom. The second kappa shape index (κ2) is 9.13. The van der Waals surface area contributed by atoms with Gasteiger partial charge in [-0.05, 0) is 84.3 Å². The number of rotatable bonds is 3. The van der Waals surface area contributed by atoms with Gasteiger partial charge in [0.15, 0.2) is 0 Å². The van der Waals surface area contributed by atoms with Gasteiger partial charge < -0.3 is 15.5 Å². The average molecular weight is 566 g/mol. The topological polar surface area (TPSA) is 87.2 Å². The van der Waals surface area contributed by atoms with Gasteiger partial charge in [-0.3, -0.25) is 14.6 Å². The van der Waals surface area contributed by atoms with E-state index in [0.29, 0.717) is 30.8 Å². The Kier molecular flexibility index (Phi) is 5.54. The van der Waals surface area contributed by atoms with Crippen molar-refractivity contribution in [2.45, 2.75) is 62.1 Å². The molecule has 42 heavy (non-hydrogen) atoms. The first-order chi connectivity index (χ1) is 20.3. The van der Waals surface area contributed by atoms with Gasteiger partial charge in [-0.25, -0.2) is 13.8 Å². The van der Waals surface area contributed by atoms with Crippen LogP contribution >= 0.6 is 0 Å². The van der Waals surface area contributed by atoms with Gasteiger partial charge in [0, 0.05) is 42.5 Å². The van der Waals surface area contributed by atoms with Crippen molar-refractivity contribution in [3.8, 4) is 0 Å². The molecule has 2 atom stereocenters. The highest BCUT2D eigenvalue weighted by Crippen LogP contribution is 2.47. The molecule has 2 aromatic carbocycles. The number of benzene rings is 2. The van der Waals surface area contributed by atoms with E-state index in [1.54, 1.807) is 17.3 Å². The molecule has 4 aromatic rings. The van der Waals surface area contributed by atoms with Crippen LogP contribution in [0.5, 0.6) is 0 Å². The Bertz CT molecular complexity index is 1780. The third-order valence-electron chi connectivity index (χ3n) is 9.79. The van der Waals surface area contributed by atoms with E-state index in [2.05, 4.69) is 27.8 Å². The van der Waals surface area contributed by atoms with Crippen molar-refractivity contribution in [3.63, 3.8) is 0 Å². The number of amides is 2. The van der Waals surface area contributed by atoms with Crippen LogP contribution in [0.15, 0.2) is 60.9 Å². The Morgan fingerprint density at radius 3 is 2.50 bits per heavy atom. The van der Waals surface area contributed by atoms with Gasteiger partial charge in [-0.15, -0.1) is 0 Å². The zero-order valence-electron chi connectivity index (χ0n) is 22.9. The van der Waals surface area contributed by atoms with E-state index in [4.69, 9.17) is 4.98 Å². The Labute approximate surface area is 241 Å². The molecule has 0 bridgehead atoms. The van der Waals surface area contributed by atoms with Gasteiger partial charge in [-0.2, -0.15) is 0 Å². The number of piperazine rings is 1. The molecule has 4 aliphatic rings. The molecule has 2 N–H and O–H groups in total. The van der Waals surface area contributed by atoms with Gasteiger partial charge in [0.05, 0.1) is 22.5 Å². The molecule has 2 amide bonds. The lowest BCUT2D eigenvalue weighted by Crippen LogP contribution is -2.63. The van der Waals surface area contributed by atoms with E-state index in [1.165, 1.54) is 12.1 Å². The number of halogens is 2. The van der Waals surface area contributed by atoms with E-state index < -0.39 is 28.6 Å². The minimum atomic E-state index is -0.664. The standard InChI is InChI=1S/C33H29F2N5O2/c34-24-10-21(11-25(35)13-24)28-17-38-33(5-1-2-6-33)31(42)40(28)18-19-8-20-9-22-14-32(15-23(22)12-27(20)37-16-19)26-4-3-7-36-29(26)39-30(32)41/h3-4,7-13,16,28,38H,1-2,5-6,14-15,17-18H2,(H,36,39,41)/t28-,32-/m0/s1. The minimum Gasteiger partial charge on any atom is -0.328 e. The van der Waals surface area contributed by atoms with Crippen molar-refractivity contribution in [1.82, 2.24) is 20.2 Å². The van der Waals surface area contributed by atoms with E-state index in [0.717, 1.165) is 64.9 Å². The van der Waals surface area contributed by atoms with Crippen LogP contribution in [0.4, 0.5) is 14.6 Å². The summed E-state index contributed by atoms with van der Waals surface area (Å²) in [6.45, 7) is 0.695. The Morgan fingerprint density at radius 1 is 0.952 bits per heavy atom. The minimum absolute atomic E-state index is 0.0250. The third kappa shape index (κ3) is 3.79. The van der Waals surface area contributed by atoms with Crippen LogP contribution in [0.1, 0.15) is 59.5 Å². The van der Waals surface area contributed by atoms with Gasteiger partial charge >= 0.3 is 0 Å². The van der Waals surface area contributed by atoms with Gasteiger partial charge in [0.2, 0.25) is 11.8 Å². The Balaban J connectivity index is 1.14. The van der Waals surface area contributed by atoms with Crippen molar-refractivity contribution in [1.29, 1.82) is 0 Å². The summed E-state index contributed by atoms with van der Waals surface area (Å²) in [7, 11) is 0. The van der Waals surface area contributed by atoms with Crippen molar-refractivity contribution in [2.75, 3.05) is 11.9 Å². The van der Waals surface area contributed by atoms with Gasteiger partial charge in [0.1, 0.15) is 17.5 Å².